The van der Waals surface area contributed by atoms with Crippen LogP contribution in [0.1, 0.15) is 43.8 Å². The molecule has 1 heterocycles. The summed E-state index contributed by atoms with van der Waals surface area (Å²) in [5, 5.41) is 0. The Labute approximate surface area is 103 Å². The minimum absolute atomic E-state index is 0.0974. The highest BCUT2D eigenvalue weighted by Gasteiger charge is 2.40. The third-order valence-corrected chi connectivity index (χ3v) is 3.35. The van der Waals surface area contributed by atoms with Crippen molar-refractivity contribution in [3.63, 3.8) is 0 Å². The highest BCUT2D eigenvalue weighted by Crippen LogP contribution is 2.38. The van der Waals surface area contributed by atoms with Crippen LogP contribution in [0.4, 0.5) is 0 Å². The van der Waals surface area contributed by atoms with Crippen LogP contribution in [0.5, 0.6) is 0 Å². The predicted molar refractivity (Wildman–Crippen MR) is 69.7 cm³/mol. The van der Waals surface area contributed by atoms with E-state index < -0.39 is 0 Å². The minimum Gasteiger partial charge on any atom is -0.342 e. The third-order valence-electron chi connectivity index (χ3n) is 3.35. The van der Waals surface area contributed by atoms with Gasteiger partial charge in [0.2, 0.25) is 0 Å². The van der Waals surface area contributed by atoms with Gasteiger partial charge in [-0.25, -0.2) is 0 Å². The molecule has 0 bridgehead atoms. The summed E-state index contributed by atoms with van der Waals surface area (Å²) < 4.78 is 11.8. The molecule has 2 rings (SSSR count). The lowest BCUT2D eigenvalue weighted by Gasteiger charge is -2.19. The van der Waals surface area contributed by atoms with E-state index in [9.17, 15) is 0 Å². The topological polar surface area (TPSA) is 18.5 Å². The molecule has 0 aromatic heterocycles. The maximum atomic E-state index is 5.95. The van der Waals surface area contributed by atoms with E-state index in [1.807, 2.05) is 13.0 Å². The molecule has 2 atom stereocenters. The Hall–Kier alpha value is -1.12. The van der Waals surface area contributed by atoms with Gasteiger partial charge in [-0.05, 0) is 39.3 Å². The van der Waals surface area contributed by atoms with Crippen LogP contribution < -0.4 is 0 Å². The van der Waals surface area contributed by atoms with Crippen LogP contribution in [0.2, 0.25) is 0 Å². The molecule has 2 heteroatoms. The Kier molecular flexibility index (Phi) is 3.11. The van der Waals surface area contributed by atoms with Crippen molar-refractivity contribution >= 4 is 6.08 Å². The molecular formula is C15H20O2. The normalized spacial score (nSPS) is 27.1. The zero-order valence-corrected chi connectivity index (χ0v) is 11.0. The number of benzene rings is 1. The lowest BCUT2D eigenvalue weighted by atomic mass is 10.0. The van der Waals surface area contributed by atoms with Gasteiger partial charge in [0.1, 0.15) is 0 Å². The van der Waals surface area contributed by atoms with Crippen molar-refractivity contribution in [3.05, 3.63) is 41.5 Å². The first-order valence-corrected chi connectivity index (χ1v) is 5.99. The fraction of sp³-hybridized carbons (Fsp3) is 0.467. The van der Waals surface area contributed by atoms with Crippen LogP contribution in [0.25, 0.3) is 6.08 Å². The average Bonchev–Trinajstić information content (AvgIpc) is 2.53. The van der Waals surface area contributed by atoms with Crippen molar-refractivity contribution in [3.8, 4) is 0 Å². The molecular weight excluding hydrogens is 212 g/mol. The molecule has 0 amide bonds. The lowest BCUT2D eigenvalue weighted by molar-refractivity contribution is -0.0831. The van der Waals surface area contributed by atoms with Crippen molar-refractivity contribution in [2.75, 3.05) is 0 Å². The van der Waals surface area contributed by atoms with Crippen molar-refractivity contribution in [1.82, 2.24) is 0 Å². The SMILES string of the molecule is C=Cc1cc(C)cc(C2OC(C)C(C)(C)O2)c1. The first kappa shape index (κ1) is 12.3. The number of hydrogen-bond donors (Lipinski definition) is 0. The number of hydrogen-bond acceptors (Lipinski definition) is 2. The van der Waals surface area contributed by atoms with Crippen molar-refractivity contribution in [1.29, 1.82) is 0 Å². The van der Waals surface area contributed by atoms with Crippen LogP contribution in [-0.2, 0) is 9.47 Å². The van der Waals surface area contributed by atoms with Gasteiger partial charge in [0.25, 0.3) is 0 Å². The highest BCUT2D eigenvalue weighted by atomic mass is 16.7. The Morgan fingerprint density at radius 1 is 1.29 bits per heavy atom. The molecule has 17 heavy (non-hydrogen) atoms. The molecule has 1 aromatic rings. The summed E-state index contributed by atoms with van der Waals surface area (Å²) in [5.74, 6) is 0. The van der Waals surface area contributed by atoms with Gasteiger partial charge < -0.3 is 9.47 Å². The smallest absolute Gasteiger partial charge is 0.185 e. The van der Waals surface area contributed by atoms with E-state index in [4.69, 9.17) is 9.47 Å². The standard InChI is InChI=1S/C15H20O2/c1-6-12-7-10(2)8-13(9-12)14-16-11(3)15(4,5)17-14/h6-9,11,14H,1H2,2-5H3. The molecule has 2 nitrogen and oxygen atoms in total. The van der Waals surface area contributed by atoms with E-state index in [1.165, 1.54) is 5.56 Å². The highest BCUT2D eigenvalue weighted by molar-refractivity contribution is 5.50. The predicted octanol–water partition coefficient (Wildman–Crippen LogP) is 3.85. The van der Waals surface area contributed by atoms with E-state index in [0.29, 0.717) is 0 Å². The molecule has 0 spiro atoms. The summed E-state index contributed by atoms with van der Waals surface area (Å²) in [4.78, 5) is 0. The number of aryl methyl sites for hydroxylation is 1. The van der Waals surface area contributed by atoms with E-state index in [2.05, 4.69) is 45.5 Å². The third kappa shape index (κ3) is 2.43. The van der Waals surface area contributed by atoms with Crippen molar-refractivity contribution in [2.45, 2.75) is 45.7 Å². The van der Waals surface area contributed by atoms with Crippen LogP contribution in [-0.4, -0.2) is 11.7 Å². The molecule has 1 aliphatic heterocycles. The Balaban J connectivity index is 2.30. The van der Waals surface area contributed by atoms with Crippen LogP contribution in [0.3, 0.4) is 0 Å². The fourth-order valence-electron chi connectivity index (χ4n) is 1.99. The average molecular weight is 232 g/mol. The second-order valence-electron chi connectivity index (χ2n) is 5.21. The van der Waals surface area contributed by atoms with Gasteiger partial charge in [0, 0.05) is 5.56 Å². The second kappa shape index (κ2) is 4.28. The molecule has 1 saturated heterocycles. The van der Waals surface area contributed by atoms with Crippen molar-refractivity contribution < 1.29 is 9.47 Å². The molecule has 0 saturated carbocycles. The van der Waals surface area contributed by atoms with E-state index >= 15 is 0 Å². The summed E-state index contributed by atoms with van der Waals surface area (Å²) in [6, 6.07) is 6.27. The quantitative estimate of drug-likeness (QED) is 0.771. The van der Waals surface area contributed by atoms with Gasteiger partial charge in [-0.15, -0.1) is 0 Å². The molecule has 2 unspecified atom stereocenters. The summed E-state index contributed by atoms with van der Waals surface area (Å²) in [7, 11) is 0. The minimum atomic E-state index is -0.265. The molecule has 1 aliphatic rings. The second-order valence-corrected chi connectivity index (χ2v) is 5.21. The van der Waals surface area contributed by atoms with Gasteiger partial charge in [-0.1, -0.05) is 30.4 Å². The largest absolute Gasteiger partial charge is 0.342 e. The summed E-state index contributed by atoms with van der Waals surface area (Å²) in [6.45, 7) is 12.0. The number of ether oxygens (including phenoxy) is 2. The van der Waals surface area contributed by atoms with Crippen LogP contribution >= 0.6 is 0 Å². The summed E-state index contributed by atoms with van der Waals surface area (Å²) in [5.41, 5.74) is 3.13. The first-order valence-electron chi connectivity index (χ1n) is 5.99. The zero-order chi connectivity index (χ0) is 12.6. The zero-order valence-electron chi connectivity index (χ0n) is 11.0. The monoisotopic (exact) mass is 232 g/mol. The van der Waals surface area contributed by atoms with Gasteiger partial charge in [0.15, 0.2) is 6.29 Å². The summed E-state index contributed by atoms with van der Waals surface area (Å²) in [6.07, 6.45) is 1.68. The molecule has 0 radical (unpaired) electrons. The molecule has 0 N–H and O–H groups in total. The maximum absolute atomic E-state index is 5.95. The van der Waals surface area contributed by atoms with Crippen LogP contribution in [0.15, 0.2) is 24.8 Å². The van der Waals surface area contributed by atoms with Crippen LogP contribution in [0, 0.1) is 6.92 Å². The van der Waals surface area contributed by atoms with Gasteiger partial charge >= 0.3 is 0 Å². The fourth-order valence-corrected chi connectivity index (χ4v) is 1.99. The lowest BCUT2D eigenvalue weighted by Crippen LogP contribution is -2.29. The van der Waals surface area contributed by atoms with E-state index in [0.717, 1.165) is 11.1 Å². The van der Waals surface area contributed by atoms with Crippen molar-refractivity contribution in [2.24, 2.45) is 0 Å². The van der Waals surface area contributed by atoms with Gasteiger partial charge in [-0.2, -0.15) is 0 Å². The molecule has 0 aliphatic carbocycles. The van der Waals surface area contributed by atoms with E-state index in [1.54, 1.807) is 0 Å². The maximum Gasteiger partial charge on any atom is 0.185 e. The molecule has 92 valence electrons. The Morgan fingerprint density at radius 2 is 2.00 bits per heavy atom. The first-order chi connectivity index (χ1) is 7.92. The number of rotatable bonds is 2. The van der Waals surface area contributed by atoms with E-state index in [-0.39, 0.29) is 18.0 Å². The summed E-state index contributed by atoms with van der Waals surface area (Å²) >= 11 is 0. The molecule has 1 aromatic carbocycles. The van der Waals surface area contributed by atoms with Gasteiger partial charge in [-0.3, -0.25) is 0 Å². The molecule has 1 fully saturated rings. The Morgan fingerprint density at radius 3 is 2.53 bits per heavy atom. The van der Waals surface area contributed by atoms with Gasteiger partial charge in [0.05, 0.1) is 11.7 Å². The Bertz CT molecular complexity index is 435.